The third kappa shape index (κ3) is 6.43. The Kier molecular flexibility index (Phi) is 8.77. The van der Waals surface area contributed by atoms with E-state index in [-0.39, 0.29) is 40.0 Å². The summed E-state index contributed by atoms with van der Waals surface area (Å²) in [5.74, 6) is -0.355. The van der Waals surface area contributed by atoms with Crippen LogP contribution in [0.15, 0.2) is 47.5 Å². The predicted molar refractivity (Wildman–Crippen MR) is 150 cm³/mol. The molecule has 1 saturated carbocycles. The molecule has 2 heterocycles. The molecule has 0 spiro atoms. The predicted octanol–water partition coefficient (Wildman–Crippen LogP) is 5.90. The zero-order valence-electron chi connectivity index (χ0n) is 23.7. The summed E-state index contributed by atoms with van der Waals surface area (Å²) in [7, 11) is -2.87. The number of aromatic nitrogens is 2. The van der Waals surface area contributed by atoms with E-state index in [0.29, 0.717) is 35.0 Å². The molecule has 1 aliphatic rings. The van der Waals surface area contributed by atoms with Crippen LogP contribution in [0.1, 0.15) is 68.2 Å². The Morgan fingerprint density at radius 3 is 2.42 bits per heavy atom. The van der Waals surface area contributed by atoms with Gasteiger partial charge in [-0.3, -0.25) is 9.78 Å². The standard InChI is InChI=1S/C30H36FN3O5S/c1-17(2)16-39-23-13-21(12-22(31)14-23)24-15-25(38-6)28(29(33-24)27-18(3)10-11-19(27)4)30(35)34-40(36,37)26-9-7-8-20(5)32-26/h7-9,12-15,17-19,27H,10-11,16H2,1-6H3,(H,34,35)/t18-,19+,27?. The van der Waals surface area contributed by atoms with Gasteiger partial charge in [0.05, 0.1) is 25.1 Å². The van der Waals surface area contributed by atoms with E-state index in [9.17, 15) is 17.6 Å². The zero-order chi connectivity index (χ0) is 29.2. The molecule has 1 fully saturated rings. The number of rotatable bonds is 9. The molecule has 4 rings (SSSR count). The monoisotopic (exact) mass is 569 g/mol. The van der Waals surface area contributed by atoms with Crippen LogP contribution in [0.25, 0.3) is 11.3 Å². The largest absolute Gasteiger partial charge is 0.496 e. The number of halogens is 1. The van der Waals surface area contributed by atoms with Crippen LogP contribution < -0.4 is 14.2 Å². The number of pyridine rings is 2. The number of sulfonamides is 1. The lowest BCUT2D eigenvalue weighted by atomic mass is 9.85. The van der Waals surface area contributed by atoms with Gasteiger partial charge in [0.2, 0.25) is 0 Å². The molecule has 214 valence electrons. The minimum atomic E-state index is -4.27. The second kappa shape index (κ2) is 11.9. The summed E-state index contributed by atoms with van der Waals surface area (Å²) in [5.41, 5.74) is 1.82. The number of amides is 1. The van der Waals surface area contributed by atoms with Gasteiger partial charge in [-0.2, -0.15) is 8.42 Å². The summed E-state index contributed by atoms with van der Waals surface area (Å²) in [6, 6.07) is 10.4. The van der Waals surface area contributed by atoms with E-state index in [4.69, 9.17) is 14.5 Å². The van der Waals surface area contributed by atoms with Gasteiger partial charge >= 0.3 is 0 Å². The van der Waals surface area contributed by atoms with Crippen LogP contribution in [0.2, 0.25) is 0 Å². The second-order valence-corrected chi connectivity index (χ2v) is 12.6. The molecule has 0 saturated heterocycles. The van der Waals surface area contributed by atoms with E-state index in [2.05, 4.69) is 23.6 Å². The van der Waals surface area contributed by atoms with Gasteiger partial charge in [0.1, 0.15) is 22.9 Å². The van der Waals surface area contributed by atoms with E-state index in [1.807, 2.05) is 13.8 Å². The third-order valence-electron chi connectivity index (χ3n) is 7.19. The lowest BCUT2D eigenvalue weighted by Gasteiger charge is -2.24. The molecule has 8 nitrogen and oxygen atoms in total. The van der Waals surface area contributed by atoms with Crippen LogP contribution in [-0.2, 0) is 10.0 Å². The Labute approximate surface area is 235 Å². The maximum Gasteiger partial charge on any atom is 0.281 e. The number of benzene rings is 1. The van der Waals surface area contributed by atoms with Crippen molar-refractivity contribution in [3.05, 3.63) is 65.2 Å². The number of aryl methyl sites for hydroxylation is 1. The number of carbonyl (C=O) groups excluding carboxylic acids is 1. The second-order valence-electron chi connectivity index (χ2n) is 11.0. The first-order valence-electron chi connectivity index (χ1n) is 13.4. The van der Waals surface area contributed by atoms with Crippen molar-refractivity contribution in [1.29, 1.82) is 0 Å². The first-order valence-corrected chi connectivity index (χ1v) is 14.9. The quantitative estimate of drug-likeness (QED) is 0.342. The molecule has 1 amide bonds. The fourth-order valence-electron chi connectivity index (χ4n) is 5.25. The summed E-state index contributed by atoms with van der Waals surface area (Å²) >= 11 is 0. The lowest BCUT2D eigenvalue weighted by molar-refractivity contribution is 0.0975. The van der Waals surface area contributed by atoms with Crippen LogP contribution in [0.5, 0.6) is 11.5 Å². The van der Waals surface area contributed by atoms with Crippen molar-refractivity contribution in [2.75, 3.05) is 13.7 Å². The Morgan fingerprint density at radius 1 is 1.10 bits per heavy atom. The van der Waals surface area contributed by atoms with Gasteiger partial charge in [-0.05, 0) is 61.8 Å². The van der Waals surface area contributed by atoms with Gasteiger partial charge in [0, 0.05) is 29.3 Å². The smallest absolute Gasteiger partial charge is 0.281 e. The van der Waals surface area contributed by atoms with Crippen LogP contribution in [-0.4, -0.2) is 38.0 Å². The summed E-state index contributed by atoms with van der Waals surface area (Å²) < 4.78 is 54.4. The molecule has 10 heteroatoms. The van der Waals surface area contributed by atoms with Crippen molar-refractivity contribution >= 4 is 15.9 Å². The molecule has 1 unspecified atom stereocenters. The number of hydrogen-bond donors (Lipinski definition) is 1. The molecule has 0 radical (unpaired) electrons. The molecule has 2 aromatic heterocycles. The van der Waals surface area contributed by atoms with Gasteiger partial charge in [0.15, 0.2) is 5.03 Å². The summed E-state index contributed by atoms with van der Waals surface area (Å²) in [6.45, 7) is 10.3. The summed E-state index contributed by atoms with van der Waals surface area (Å²) in [5, 5.41) is -0.262. The highest BCUT2D eigenvalue weighted by Gasteiger charge is 2.38. The van der Waals surface area contributed by atoms with E-state index < -0.39 is 21.7 Å². The highest BCUT2D eigenvalue weighted by atomic mass is 32.2. The van der Waals surface area contributed by atoms with Crippen LogP contribution in [0.4, 0.5) is 4.39 Å². The van der Waals surface area contributed by atoms with Crippen LogP contribution in [0, 0.1) is 30.5 Å². The average Bonchev–Trinajstić information content (AvgIpc) is 3.23. The maximum atomic E-state index is 14.7. The molecule has 3 atom stereocenters. The molecular formula is C30H36FN3O5S. The van der Waals surface area contributed by atoms with Crippen LogP contribution in [0.3, 0.4) is 0 Å². The maximum absolute atomic E-state index is 14.7. The topological polar surface area (TPSA) is 107 Å². The number of nitrogens with zero attached hydrogens (tertiary/aromatic N) is 2. The first kappa shape index (κ1) is 29.5. The highest BCUT2D eigenvalue weighted by molar-refractivity contribution is 7.90. The normalized spacial score (nSPS) is 19.1. The number of ether oxygens (including phenoxy) is 2. The Balaban J connectivity index is 1.84. The van der Waals surface area contributed by atoms with Crippen molar-refractivity contribution in [2.45, 2.75) is 58.4 Å². The van der Waals surface area contributed by atoms with Gasteiger partial charge < -0.3 is 9.47 Å². The van der Waals surface area contributed by atoms with Crippen LogP contribution >= 0.6 is 0 Å². The van der Waals surface area contributed by atoms with Gasteiger partial charge in [0.25, 0.3) is 15.9 Å². The minimum Gasteiger partial charge on any atom is -0.496 e. The Hall–Kier alpha value is -3.53. The minimum absolute atomic E-state index is 0.0424. The Morgan fingerprint density at radius 2 is 1.80 bits per heavy atom. The number of hydrogen-bond acceptors (Lipinski definition) is 7. The van der Waals surface area contributed by atoms with Gasteiger partial charge in [-0.25, -0.2) is 14.1 Å². The number of nitrogens with one attached hydrogen (secondary N) is 1. The van der Waals surface area contributed by atoms with E-state index in [0.717, 1.165) is 12.8 Å². The van der Waals surface area contributed by atoms with Crippen molar-refractivity contribution in [3.63, 3.8) is 0 Å². The molecule has 40 heavy (non-hydrogen) atoms. The molecule has 1 aliphatic carbocycles. The van der Waals surface area contributed by atoms with Gasteiger partial charge in [-0.15, -0.1) is 0 Å². The van der Waals surface area contributed by atoms with E-state index >= 15 is 0 Å². The highest BCUT2D eigenvalue weighted by Crippen LogP contribution is 2.46. The number of carbonyl (C=O) groups is 1. The van der Waals surface area contributed by atoms with Gasteiger partial charge in [-0.1, -0.05) is 33.8 Å². The molecule has 0 bridgehead atoms. The first-order chi connectivity index (χ1) is 18.9. The lowest BCUT2D eigenvalue weighted by Crippen LogP contribution is -2.33. The average molecular weight is 570 g/mol. The fraction of sp³-hybridized carbons (Fsp3) is 0.433. The van der Waals surface area contributed by atoms with Crippen molar-refractivity contribution < 1.29 is 27.1 Å². The molecule has 1 aromatic carbocycles. The summed E-state index contributed by atoms with van der Waals surface area (Å²) in [4.78, 5) is 22.6. The number of methoxy groups -OCH3 is 1. The van der Waals surface area contributed by atoms with E-state index in [1.54, 1.807) is 25.1 Å². The zero-order valence-corrected chi connectivity index (χ0v) is 24.5. The van der Waals surface area contributed by atoms with E-state index in [1.165, 1.54) is 31.4 Å². The van der Waals surface area contributed by atoms with Crippen molar-refractivity contribution in [3.8, 4) is 22.8 Å². The molecule has 1 N–H and O–H groups in total. The SMILES string of the molecule is COc1cc(-c2cc(F)cc(OCC(C)C)c2)nc(C2[C@H](C)CC[C@@H]2C)c1C(=O)NS(=O)(=O)c1cccc(C)n1. The molecule has 3 aromatic rings. The fourth-order valence-corrected chi connectivity index (χ4v) is 6.23. The summed E-state index contributed by atoms with van der Waals surface area (Å²) in [6.07, 6.45) is 1.86. The molecular weight excluding hydrogens is 533 g/mol. The molecule has 0 aliphatic heterocycles. The Bertz CT molecular complexity index is 1500. The van der Waals surface area contributed by atoms with Crippen molar-refractivity contribution in [1.82, 2.24) is 14.7 Å². The third-order valence-corrected chi connectivity index (χ3v) is 8.43. The van der Waals surface area contributed by atoms with Crippen molar-refractivity contribution in [2.24, 2.45) is 17.8 Å².